The van der Waals surface area contributed by atoms with Gasteiger partial charge in [0.25, 0.3) is 0 Å². The van der Waals surface area contributed by atoms with E-state index in [2.05, 4.69) is 34.6 Å². The molecule has 27 heavy (non-hydrogen) atoms. The fourth-order valence-electron chi connectivity index (χ4n) is 3.85. The standard InChI is InChI=1S/C23H46O4/c1-6-10-11-12-13-15-21-23(27-21,16-14-20-24-17-7-2)22(5,25-18-8-3)26-19-9-4/h21H,6-20H2,1-5H3. The van der Waals surface area contributed by atoms with Crippen LogP contribution in [0.25, 0.3) is 0 Å². The third-order valence-corrected chi connectivity index (χ3v) is 5.50. The predicted molar refractivity (Wildman–Crippen MR) is 112 cm³/mol. The number of ether oxygens (including phenoxy) is 4. The highest BCUT2D eigenvalue weighted by Crippen LogP contribution is 2.53. The van der Waals surface area contributed by atoms with Crippen molar-refractivity contribution in [3.8, 4) is 0 Å². The van der Waals surface area contributed by atoms with E-state index < -0.39 is 5.79 Å². The van der Waals surface area contributed by atoms with Crippen LogP contribution in [0.5, 0.6) is 0 Å². The number of hydrogen-bond donors (Lipinski definition) is 0. The SMILES string of the molecule is CCCCCCCC1OC1(CCCOCCC)C(C)(OCCC)OCCC. The first-order chi connectivity index (χ1) is 13.1. The third kappa shape index (κ3) is 8.00. The summed E-state index contributed by atoms with van der Waals surface area (Å²) in [6.07, 6.45) is 12.8. The molecule has 4 nitrogen and oxygen atoms in total. The molecule has 1 aliphatic rings. The Bertz CT molecular complexity index is 352. The summed E-state index contributed by atoms with van der Waals surface area (Å²) in [6, 6.07) is 0. The Morgan fingerprint density at radius 3 is 1.96 bits per heavy atom. The lowest BCUT2D eigenvalue weighted by atomic mass is 9.88. The molecule has 0 aromatic rings. The van der Waals surface area contributed by atoms with Crippen LogP contribution < -0.4 is 0 Å². The van der Waals surface area contributed by atoms with Gasteiger partial charge in [-0.2, -0.15) is 0 Å². The normalized spacial score (nSPS) is 22.3. The molecule has 0 spiro atoms. The molecule has 0 aromatic carbocycles. The lowest BCUT2D eigenvalue weighted by molar-refractivity contribution is -0.263. The maximum Gasteiger partial charge on any atom is 0.197 e. The minimum Gasteiger partial charge on any atom is -0.381 e. The Labute approximate surface area is 168 Å². The summed E-state index contributed by atoms with van der Waals surface area (Å²) in [5.41, 5.74) is -0.308. The highest BCUT2D eigenvalue weighted by molar-refractivity contribution is 5.11. The molecule has 1 fully saturated rings. The molecule has 4 heteroatoms. The Hall–Kier alpha value is -0.160. The predicted octanol–water partition coefficient (Wildman–Crippen LogP) is 6.26. The van der Waals surface area contributed by atoms with Crippen molar-refractivity contribution in [3.63, 3.8) is 0 Å². The second-order valence-corrected chi connectivity index (χ2v) is 8.06. The van der Waals surface area contributed by atoms with Crippen molar-refractivity contribution in [2.45, 2.75) is 123 Å². The average Bonchev–Trinajstić information content (AvgIpc) is 3.39. The molecule has 2 unspecified atom stereocenters. The first-order valence-corrected chi connectivity index (χ1v) is 11.6. The third-order valence-electron chi connectivity index (χ3n) is 5.50. The van der Waals surface area contributed by atoms with Gasteiger partial charge in [0.1, 0.15) is 5.60 Å². The Balaban J connectivity index is 2.67. The fourth-order valence-corrected chi connectivity index (χ4v) is 3.85. The molecule has 1 heterocycles. The van der Waals surface area contributed by atoms with Crippen LogP contribution in [0.2, 0.25) is 0 Å². The van der Waals surface area contributed by atoms with Gasteiger partial charge in [-0.15, -0.1) is 0 Å². The van der Waals surface area contributed by atoms with Crippen LogP contribution in [0.1, 0.15) is 105 Å². The first kappa shape index (κ1) is 24.9. The molecule has 0 amide bonds. The van der Waals surface area contributed by atoms with Gasteiger partial charge in [0.05, 0.1) is 6.10 Å². The lowest BCUT2D eigenvalue weighted by Gasteiger charge is -2.36. The summed E-state index contributed by atoms with van der Waals surface area (Å²) in [4.78, 5) is 0. The molecule has 0 aliphatic carbocycles. The maximum atomic E-state index is 6.37. The van der Waals surface area contributed by atoms with Crippen molar-refractivity contribution in [2.75, 3.05) is 26.4 Å². The summed E-state index contributed by atoms with van der Waals surface area (Å²) >= 11 is 0. The van der Waals surface area contributed by atoms with E-state index in [-0.39, 0.29) is 11.7 Å². The second-order valence-electron chi connectivity index (χ2n) is 8.06. The van der Waals surface area contributed by atoms with E-state index >= 15 is 0 Å². The number of rotatable bonds is 19. The minimum atomic E-state index is -0.655. The molecule has 1 aliphatic heterocycles. The smallest absolute Gasteiger partial charge is 0.197 e. The molecule has 0 N–H and O–H groups in total. The van der Waals surface area contributed by atoms with Gasteiger partial charge in [0.15, 0.2) is 5.79 Å². The van der Waals surface area contributed by atoms with E-state index in [1.807, 2.05) is 0 Å². The van der Waals surface area contributed by atoms with E-state index in [4.69, 9.17) is 18.9 Å². The van der Waals surface area contributed by atoms with Crippen LogP contribution in [-0.4, -0.2) is 43.9 Å². The highest BCUT2D eigenvalue weighted by Gasteiger charge is 2.68. The zero-order valence-corrected chi connectivity index (χ0v) is 18.8. The van der Waals surface area contributed by atoms with Crippen LogP contribution in [0.3, 0.4) is 0 Å². The topological polar surface area (TPSA) is 40.2 Å². The molecule has 1 saturated heterocycles. The number of epoxide rings is 1. The van der Waals surface area contributed by atoms with Crippen LogP contribution in [0, 0.1) is 0 Å². The van der Waals surface area contributed by atoms with E-state index in [1.54, 1.807) is 0 Å². The molecular weight excluding hydrogens is 340 g/mol. The van der Waals surface area contributed by atoms with Crippen molar-refractivity contribution in [3.05, 3.63) is 0 Å². The quantitative estimate of drug-likeness (QED) is 0.149. The van der Waals surface area contributed by atoms with Crippen LogP contribution in [0.15, 0.2) is 0 Å². The van der Waals surface area contributed by atoms with E-state index in [0.29, 0.717) is 13.2 Å². The molecule has 1 rings (SSSR count). The van der Waals surface area contributed by atoms with E-state index in [9.17, 15) is 0 Å². The van der Waals surface area contributed by atoms with Gasteiger partial charge in [0.2, 0.25) is 0 Å². The van der Waals surface area contributed by atoms with E-state index in [1.165, 1.54) is 32.1 Å². The Morgan fingerprint density at radius 2 is 1.37 bits per heavy atom. The minimum absolute atomic E-state index is 0.254. The van der Waals surface area contributed by atoms with Gasteiger partial charge in [-0.25, -0.2) is 0 Å². The molecule has 162 valence electrons. The van der Waals surface area contributed by atoms with Crippen molar-refractivity contribution in [2.24, 2.45) is 0 Å². The van der Waals surface area contributed by atoms with Crippen molar-refractivity contribution < 1.29 is 18.9 Å². The van der Waals surface area contributed by atoms with Gasteiger partial charge < -0.3 is 18.9 Å². The Morgan fingerprint density at radius 1 is 0.741 bits per heavy atom. The van der Waals surface area contributed by atoms with Gasteiger partial charge in [0, 0.05) is 26.4 Å². The molecule has 0 saturated carbocycles. The molecule has 0 aromatic heterocycles. The monoisotopic (exact) mass is 386 g/mol. The molecule has 0 bridgehead atoms. The van der Waals surface area contributed by atoms with Gasteiger partial charge in [-0.05, 0) is 45.4 Å². The maximum absolute atomic E-state index is 6.37. The van der Waals surface area contributed by atoms with Crippen LogP contribution >= 0.6 is 0 Å². The summed E-state index contributed by atoms with van der Waals surface area (Å²) in [7, 11) is 0. The summed E-state index contributed by atoms with van der Waals surface area (Å²) < 4.78 is 24.6. The zero-order chi connectivity index (χ0) is 20.0. The lowest BCUT2D eigenvalue weighted by Crippen LogP contribution is -2.49. The first-order valence-electron chi connectivity index (χ1n) is 11.6. The fraction of sp³-hybridized carbons (Fsp3) is 1.00. The second kappa shape index (κ2) is 13.9. The highest BCUT2D eigenvalue weighted by atomic mass is 16.7. The van der Waals surface area contributed by atoms with Gasteiger partial charge in [-0.1, -0.05) is 59.8 Å². The summed E-state index contributed by atoms with van der Waals surface area (Å²) in [6.45, 7) is 13.8. The number of unbranched alkanes of at least 4 members (excludes halogenated alkanes) is 4. The average molecular weight is 387 g/mol. The molecule has 2 atom stereocenters. The Kier molecular flexibility index (Phi) is 12.8. The van der Waals surface area contributed by atoms with Crippen LogP contribution in [0.4, 0.5) is 0 Å². The van der Waals surface area contributed by atoms with Crippen molar-refractivity contribution in [1.29, 1.82) is 0 Å². The molecular formula is C23H46O4. The van der Waals surface area contributed by atoms with Crippen molar-refractivity contribution in [1.82, 2.24) is 0 Å². The van der Waals surface area contributed by atoms with Crippen molar-refractivity contribution >= 4 is 0 Å². The van der Waals surface area contributed by atoms with Crippen LogP contribution in [-0.2, 0) is 18.9 Å². The molecule has 0 radical (unpaired) electrons. The van der Waals surface area contributed by atoms with Gasteiger partial charge in [-0.3, -0.25) is 0 Å². The largest absolute Gasteiger partial charge is 0.381 e. The zero-order valence-electron chi connectivity index (χ0n) is 18.8. The van der Waals surface area contributed by atoms with Gasteiger partial charge >= 0.3 is 0 Å². The summed E-state index contributed by atoms with van der Waals surface area (Å²) in [5.74, 6) is -0.655. The number of hydrogen-bond acceptors (Lipinski definition) is 4. The van der Waals surface area contributed by atoms with E-state index in [0.717, 1.165) is 51.7 Å². The summed E-state index contributed by atoms with van der Waals surface area (Å²) in [5, 5.41) is 0.